The van der Waals surface area contributed by atoms with Gasteiger partial charge in [-0.1, -0.05) is 31.2 Å². The van der Waals surface area contributed by atoms with E-state index >= 15 is 0 Å². The molecule has 0 aromatic carbocycles. The normalized spacial score (nSPS) is 39.2. The molecule has 3 rings (SSSR count). The Morgan fingerprint density at radius 1 is 1.25 bits per heavy atom. The molecule has 0 amide bonds. The molecule has 3 aliphatic rings. The molecule has 3 fully saturated rings. The Kier molecular flexibility index (Phi) is 7.70. The summed E-state index contributed by atoms with van der Waals surface area (Å²) in [5.41, 5.74) is 2.11. The third kappa shape index (κ3) is 5.19. The van der Waals surface area contributed by atoms with Gasteiger partial charge in [0.2, 0.25) is 0 Å². The van der Waals surface area contributed by atoms with E-state index in [9.17, 15) is 20.1 Å². The highest BCUT2D eigenvalue weighted by atomic mass is 32.2. The summed E-state index contributed by atoms with van der Waals surface area (Å²) in [6.45, 7) is 11.9. The maximum Gasteiger partial charge on any atom is 0.319 e. The van der Waals surface area contributed by atoms with Gasteiger partial charge in [0.15, 0.2) is 0 Å². The standard InChI is InChI=1S/C26H40O5S/c1-15-17(12-18(27)13-20(15)28)10-9-16-8-7-11-26(5)19(16)14-21(29)22(26)23(32-6)24(30)31-25(2,3)4/h9-10,18-23,27-29H,1,7-8,11-14H2,2-6H3/t18-,19+,20+,21+,22-,23+,26+/m1/s1. The van der Waals surface area contributed by atoms with Crippen LogP contribution < -0.4 is 0 Å². The number of thioether (sulfide) groups is 1. The predicted molar refractivity (Wildman–Crippen MR) is 129 cm³/mol. The Labute approximate surface area is 197 Å². The van der Waals surface area contributed by atoms with Gasteiger partial charge in [-0.3, -0.25) is 4.79 Å². The number of hydrogen-bond donors (Lipinski definition) is 3. The molecule has 32 heavy (non-hydrogen) atoms. The zero-order valence-corrected chi connectivity index (χ0v) is 21.0. The molecule has 180 valence electrons. The van der Waals surface area contributed by atoms with Gasteiger partial charge in [-0.05, 0) is 81.6 Å². The van der Waals surface area contributed by atoms with Gasteiger partial charge in [-0.15, -0.1) is 11.8 Å². The molecule has 0 aromatic heterocycles. The Balaban J connectivity index is 1.87. The molecule has 0 heterocycles. The fourth-order valence-corrected chi connectivity index (χ4v) is 7.08. The second-order valence-electron chi connectivity index (χ2n) is 11.0. The summed E-state index contributed by atoms with van der Waals surface area (Å²) in [5.74, 6) is -0.213. The number of esters is 1. The van der Waals surface area contributed by atoms with Gasteiger partial charge in [0.05, 0.1) is 18.3 Å². The number of ether oxygens (including phenoxy) is 1. The first-order valence-electron chi connectivity index (χ1n) is 11.8. The Morgan fingerprint density at radius 2 is 1.94 bits per heavy atom. The lowest BCUT2D eigenvalue weighted by Gasteiger charge is -2.44. The molecule has 0 aliphatic heterocycles. The van der Waals surface area contributed by atoms with Gasteiger partial charge >= 0.3 is 5.97 Å². The molecule has 0 radical (unpaired) electrons. The van der Waals surface area contributed by atoms with Crippen LogP contribution in [-0.4, -0.2) is 56.7 Å². The number of carbonyl (C=O) groups is 1. The molecule has 0 saturated heterocycles. The topological polar surface area (TPSA) is 87.0 Å². The molecular weight excluding hydrogens is 424 g/mol. The van der Waals surface area contributed by atoms with Gasteiger partial charge in [-0.25, -0.2) is 0 Å². The van der Waals surface area contributed by atoms with Crippen LogP contribution in [0, 0.1) is 17.3 Å². The number of allylic oxidation sites excluding steroid dienone is 3. The molecule has 3 N–H and O–H groups in total. The van der Waals surface area contributed by atoms with Gasteiger partial charge in [0, 0.05) is 12.3 Å². The first-order chi connectivity index (χ1) is 14.9. The lowest BCUT2D eigenvalue weighted by molar-refractivity contribution is -0.157. The molecule has 0 aromatic rings. The molecule has 5 nitrogen and oxygen atoms in total. The molecule has 6 heteroatoms. The van der Waals surface area contributed by atoms with E-state index in [-0.39, 0.29) is 23.2 Å². The highest BCUT2D eigenvalue weighted by molar-refractivity contribution is 7.99. The van der Waals surface area contributed by atoms with Crippen molar-refractivity contribution in [2.75, 3.05) is 6.26 Å². The average Bonchev–Trinajstić information content (AvgIpc) is 2.94. The molecule has 0 spiro atoms. The first-order valence-corrected chi connectivity index (χ1v) is 13.0. The lowest BCUT2D eigenvalue weighted by atomic mass is 9.62. The SMILES string of the molecule is C=C1C(=CC=C2CCC[C@]3(C)[C@@H]([C@H](SC)C(=O)OC(C)(C)C)[C@@H](O)C[C@@H]23)C[C@@H](O)C[C@@H]1O. The summed E-state index contributed by atoms with van der Waals surface area (Å²) < 4.78 is 5.71. The fraction of sp³-hybridized carbons (Fsp3) is 0.731. The second kappa shape index (κ2) is 9.65. The summed E-state index contributed by atoms with van der Waals surface area (Å²) in [7, 11) is 0. The highest BCUT2D eigenvalue weighted by Crippen LogP contribution is 2.59. The molecule has 7 atom stereocenters. The van der Waals surface area contributed by atoms with Crippen molar-refractivity contribution in [1.29, 1.82) is 0 Å². The van der Waals surface area contributed by atoms with Gasteiger partial charge in [0.25, 0.3) is 0 Å². The number of fused-ring (bicyclic) bond motifs is 1. The minimum Gasteiger partial charge on any atom is -0.459 e. The van der Waals surface area contributed by atoms with E-state index in [1.165, 1.54) is 17.3 Å². The van der Waals surface area contributed by atoms with Crippen LogP contribution in [0.2, 0.25) is 0 Å². The third-order valence-electron chi connectivity index (χ3n) is 7.56. The lowest BCUT2D eigenvalue weighted by Crippen LogP contribution is -2.45. The number of hydrogen-bond acceptors (Lipinski definition) is 6. The molecule has 0 bridgehead atoms. The predicted octanol–water partition coefficient (Wildman–Crippen LogP) is 4.17. The second-order valence-corrected chi connectivity index (χ2v) is 12.0. The largest absolute Gasteiger partial charge is 0.459 e. The van der Waals surface area contributed by atoms with Crippen LogP contribution >= 0.6 is 11.8 Å². The van der Waals surface area contributed by atoms with E-state index in [0.29, 0.717) is 24.8 Å². The quantitative estimate of drug-likeness (QED) is 0.541. The van der Waals surface area contributed by atoms with E-state index in [1.807, 2.05) is 33.1 Å². The van der Waals surface area contributed by atoms with Gasteiger partial charge in [-0.2, -0.15) is 0 Å². The van der Waals surface area contributed by atoms with Crippen LogP contribution in [0.25, 0.3) is 0 Å². The Morgan fingerprint density at radius 3 is 2.56 bits per heavy atom. The van der Waals surface area contributed by atoms with Crippen molar-refractivity contribution in [3.05, 3.63) is 35.5 Å². The van der Waals surface area contributed by atoms with Crippen LogP contribution in [0.4, 0.5) is 0 Å². The van der Waals surface area contributed by atoms with Gasteiger partial charge in [0.1, 0.15) is 10.9 Å². The minimum atomic E-state index is -0.700. The maximum absolute atomic E-state index is 13.0. The summed E-state index contributed by atoms with van der Waals surface area (Å²) >= 11 is 1.48. The number of carbonyl (C=O) groups excluding carboxylic acids is 1. The van der Waals surface area contributed by atoms with Crippen LogP contribution in [0.1, 0.15) is 66.2 Å². The smallest absolute Gasteiger partial charge is 0.319 e. The van der Waals surface area contributed by atoms with E-state index in [4.69, 9.17) is 4.74 Å². The molecule has 0 unspecified atom stereocenters. The van der Waals surface area contributed by atoms with Crippen LogP contribution in [0.3, 0.4) is 0 Å². The van der Waals surface area contributed by atoms with Crippen LogP contribution in [0.15, 0.2) is 35.5 Å². The summed E-state index contributed by atoms with van der Waals surface area (Å²) in [4.78, 5) is 13.0. The van der Waals surface area contributed by atoms with Crippen LogP contribution in [0.5, 0.6) is 0 Å². The number of aliphatic hydroxyl groups is 3. The minimum absolute atomic E-state index is 0.165. The van der Waals surface area contributed by atoms with Crippen LogP contribution in [-0.2, 0) is 9.53 Å². The van der Waals surface area contributed by atoms with Crippen molar-refractivity contribution in [2.24, 2.45) is 17.3 Å². The van der Waals surface area contributed by atoms with E-state index in [1.54, 1.807) is 0 Å². The Bertz CT molecular complexity index is 795. The number of rotatable bonds is 4. The zero-order chi connectivity index (χ0) is 23.8. The van der Waals surface area contributed by atoms with Crippen molar-refractivity contribution in [3.63, 3.8) is 0 Å². The monoisotopic (exact) mass is 464 g/mol. The van der Waals surface area contributed by atoms with Crippen molar-refractivity contribution >= 4 is 17.7 Å². The zero-order valence-electron chi connectivity index (χ0n) is 20.1. The van der Waals surface area contributed by atoms with E-state index < -0.39 is 29.2 Å². The van der Waals surface area contributed by atoms with Gasteiger partial charge < -0.3 is 20.1 Å². The number of aliphatic hydroxyl groups excluding tert-OH is 3. The van der Waals surface area contributed by atoms with Crippen molar-refractivity contribution in [3.8, 4) is 0 Å². The summed E-state index contributed by atoms with van der Waals surface area (Å²) in [6.07, 6.45) is 8.63. The molecular formula is C26H40O5S. The van der Waals surface area contributed by atoms with Crippen molar-refractivity contribution in [2.45, 2.75) is 95.4 Å². The highest BCUT2D eigenvalue weighted by Gasteiger charge is 2.57. The molecule has 3 aliphatic carbocycles. The summed E-state index contributed by atoms with van der Waals surface area (Å²) in [5, 5.41) is 30.9. The molecule has 3 saturated carbocycles. The van der Waals surface area contributed by atoms with E-state index in [2.05, 4.69) is 19.6 Å². The maximum atomic E-state index is 13.0. The van der Waals surface area contributed by atoms with Crippen molar-refractivity contribution < 1.29 is 24.9 Å². The first kappa shape index (κ1) is 25.5. The fourth-order valence-electron chi connectivity index (χ4n) is 6.05. The third-order valence-corrected chi connectivity index (χ3v) is 8.55. The average molecular weight is 465 g/mol. The van der Waals surface area contributed by atoms with E-state index in [0.717, 1.165) is 24.8 Å². The summed E-state index contributed by atoms with van der Waals surface area (Å²) in [6, 6.07) is 0. The van der Waals surface area contributed by atoms with Crippen molar-refractivity contribution in [1.82, 2.24) is 0 Å². The Hall–Kier alpha value is -1.08.